The molecule has 0 aliphatic carbocycles. The van der Waals surface area contributed by atoms with E-state index in [-0.39, 0.29) is 6.61 Å². The van der Waals surface area contributed by atoms with Gasteiger partial charge in [-0.1, -0.05) is 11.6 Å². The van der Waals surface area contributed by atoms with Crippen LogP contribution in [0, 0.1) is 0 Å². The fourth-order valence-corrected chi connectivity index (χ4v) is 3.10. The molecular formula is C20H17ClN2O5S. The molecule has 1 aromatic heterocycles. The molecule has 3 rings (SSSR count). The smallest absolute Gasteiger partial charge is 0.344 e. The number of esters is 1. The van der Waals surface area contributed by atoms with Crippen molar-refractivity contribution in [2.45, 2.75) is 0 Å². The largest absolute Gasteiger partial charge is 0.497 e. The van der Waals surface area contributed by atoms with Gasteiger partial charge < -0.3 is 14.2 Å². The third-order valence-electron chi connectivity index (χ3n) is 3.67. The molecule has 0 saturated heterocycles. The fourth-order valence-electron chi connectivity index (χ4n) is 2.24. The van der Waals surface area contributed by atoms with Gasteiger partial charge in [0.05, 0.1) is 12.8 Å². The molecule has 1 heterocycles. The summed E-state index contributed by atoms with van der Waals surface area (Å²) in [6.07, 6.45) is 0. The van der Waals surface area contributed by atoms with Crippen molar-refractivity contribution in [3.05, 3.63) is 58.9 Å². The first-order valence-corrected chi connectivity index (χ1v) is 9.73. The Balaban J connectivity index is 1.43. The van der Waals surface area contributed by atoms with Crippen molar-refractivity contribution in [2.24, 2.45) is 0 Å². The van der Waals surface area contributed by atoms with E-state index in [1.54, 1.807) is 31.4 Å². The van der Waals surface area contributed by atoms with Gasteiger partial charge in [-0.2, -0.15) is 0 Å². The average molecular weight is 433 g/mol. The topological polar surface area (TPSA) is 86.8 Å². The molecule has 0 aliphatic rings. The van der Waals surface area contributed by atoms with E-state index in [1.165, 1.54) is 11.3 Å². The number of rotatable bonds is 8. The number of amides is 1. The molecule has 150 valence electrons. The molecule has 9 heteroatoms. The quantitative estimate of drug-likeness (QED) is 0.541. The average Bonchev–Trinajstić information content (AvgIpc) is 3.20. The second-order valence-corrected chi connectivity index (χ2v) is 7.01. The van der Waals surface area contributed by atoms with Crippen LogP contribution in [0.4, 0.5) is 5.13 Å². The number of methoxy groups -OCH3 is 1. The van der Waals surface area contributed by atoms with Crippen LogP contribution in [0.15, 0.2) is 53.9 Å². The highest BCUT2D eigenvalue weighted by molar-refractivity contribution is 7.14. The number of halogens is 1. The van der Waals surface area contributed by atoms with E-state index < -0.39 is 18.5 Å². The van der Waals surface area contributed by atoms with Gasteiger partial charge in [0, 0.05) is 16.0 Å². The summed E-state index contributed by atoms with van der Waals surface area (Å²) in [4.78, 5) is 28.0. The van der Waals surface area contributed by atoms with Gasteiger partial charge in [0.25, 0.3) is 5.91 Å². The van der Waals surface area contributed by atoms with E-state index in [4.69, 9.17) is 25.8 Å². The van der Waals surface area contributed by atoms with Gasteiger partial charge in [-0.05, 0) is 48.5 Å². The molecule has 0 saturated carbocycles. The van der Waals surface area contributed by atoms with Crippen molar-refractivity contribution in [1.29, 1.82) is 0 Å². The number of benzene rings is 2. The molecule has 0 spiro atoms. The van der Waals surface area contributed by atoms with E-state index in [1.807, 2.05) is 29.6 Å². The Hall–Kier alpha value is -3.10. The van der Waals surface area contributed by atoms with Crippen LogP contribution in [-0.2, 0) is 14.3 Å². The molecule has 0 aliphatic heterocycles. The normalized spacial score (nSPS) is 10.3. The maximum atomic E-state index is 12.0. The second kappa shape index (κ2) is 9.90. The lowest BCUT2D eigenvalue weighted by molar-refractivity contribution is -0.149. The SMILES string of the molecule is COc1ccc(-c2csc(NC(=O)COC(=O)COc3ccc(Cl)cc3)n2)cc1. The molecule has 2 aromatic carbocycles. The second-order valence-electron chi connectivity index (χ2n) is 5.72. The maximum Gasteiger partial charge on any atom is 0.344 e. The summed E-state index contributed by atoms with van der Waals surface area (Å²) < 4.78 is 15.3. The monoisotopic (exact) mass is 432 g/mol. The summed E-state index contributed by atoms with van der Waals surface area (Å²) in [6, 6.07) is 14.0. The zero-order chi connectivity index (χ0) is 20.6. The predicted molar refractivity (Wildman–Crippen MR) is 111 cm³/mol. The van der Waals surface area contributed by atoms with E-state index in [9.17, 15) is 9.59 Å². The van der Waals surface area contributed by atoms with Crippen molar-refractivity contribution in [1.82, 2.24) is 4.98 Å². The van der Waals surface area contributed by atoms with E-state index >= 15 is 0 Å². The highest BCUT2D eigenvalue weighted by atomic mass is 35.5. The Morgan fingerprint density at radius 1 is 1.03 bits per heavy atom. The van der Waals surface area contributed by atoms with Crippen LogP contribution in [0.5, 0.6) is 11.5 Å². The molecule has 0 fully saturated rings. The first-order chi connectivity index (χ1) is 14.0. The molecule has 1 amide bonds. The summed E-state index contributed by atoms with van der Waals surface area (Å²) >= 11 is 7.05. The molecule has 0 bridgehead atoms. The molecule has 7 nitrogen and oxygen atoms in total. The van der Waals surface area contributed by atoms with Gasteiger partial charge in [0.1, 0.15) is 11.5 Å². The molecule has 0 unspecified atom stereocenters. The zero-order valence-corrected chi connectivity index (χ0v) is 17.0. The number of hydrogen-bond acceptors (Lipinski definition) is 7. The molecular weight excluding hydrogens is 416 g/mol. The summed E-state index contributed by atoms with van der Waals surface area (Å²) in [5.41, 5.74) is 1.62. The van der Waals surface area contributed by atoms with Crippen LogP contribution >= 0.6 is 22.9 Å². The number of hydrogen-bond donors (Lipinski definition) is 1. The van der Waals surface area contributed by atoms with Crippen LogP contribution in [0.2, 0.25) is 5.02 Å². The summed E-state index contributed by atoms with van der Waals surface area (Å²) in [6.45, 7) is -0.742. The van der Waals surface area contributed by atoms with Crippen LogP contribution in [0.25, 0.3) is 11.3 Å². The zero-order valence-electron chi connectivity index (χ0n) is 15.4. The highest BCUT2D eigenvalue weighted by Crippen LogP contribution is 2.26. The number of carbonyl (C=O) groups is 2. The first kappa shape index (κ1) is 20.6. The fraction of sp³-hybridized carbons (Fsp3) is 0.150. The first-order valence-electron chi connectivity index (χ1n) is 8.47. The van der Waals surface area contributed by atoms with Gasteiger partial charge in [-0.25, -0.2) is 9.78 Å². The Labute approximate surface area is 176 Å². The molecule has 1 N–H and O–H groups in total. The molecule has 3 aromatic rings. The molecule has 0 radical (unpaired) electrons. The third kappa shape index (κ3) is 6.20. The predicted octanol–water partition coefficient (Wildman–Crippen LogP) is 4.03. The Morgan fingerprint density at radius 2 is 1.72 bits per heavy atom. The standard InChI is InChI=1S/C20H17ClN2O5S/c1-26-15-6-2-13(3-7-15)17-12-29-20(22-17)23-18(24)10-28-19(25)11-27-16-8-4-14(21)5-9-16/h2-9,12H,10-11H2,1H3,(H,22,23,24). The number of anilines is 1. The third-order valence-corrected chi connectivity index (χ3v) is 4.68. The summed E-state index contributed by atoms with van der Waals surface area (Å²) in [7, 11) is 1.60. The van der Waals surface area contributed by atoms with Gasteiger partial charge in [-0.3, -0.25) is 10.1 Å². The number of nitrogens with zero attached hydrogens (tertiary/aromatic N) is 1. The Bertz CT molecular complexity index is 973. The maximum absolute atomic E-state index is 12.0. The number of ether oxygens (including phenoxy) is 3. The number of nitrogens with one attached hydrogen (secondary N) is 1. The van der Waals surface area contributed by atoms with Gasteiger partial charge >= 0.3 is 5.97 Å². The van der Waals surface area contributed by atoms with Crippen molar-refractivity contribution in [3.8, 4) is 22.8 Å². The number of thiazole rings is 1. The lowest BCUT2D eigenvalue weighted by atomic mass is 10.2. The minimum absolute atomic E-state index is 0.312. The number of carbonyl (C=O) groups excluding carboxylic acids is 2. The van der Waals surface area contributed by atoms with Crippen LogP contribution in [0.1, 0.15) is 0 Å². The summed E-state index contributed by atoms with van der Waals surface area (Å²) in [5, 5.41) is 5.40. The number of aromatic nitrogens is 1. The van der Waals surface area contributed by atoms with Crippen molar-refractivity contribution < 1.29 is 23.8 Å². The van der Waals surface area contributed by atoms with Gasteiger partial charge in [0.2, 0.25) is 0 Å². The minimum atomic E-state index is -0.659. The van der Waals surface area contributed by atoms with Gasteiger partial charge in [0.15, 0.2) is 18.3 Å². The molecule has 29 heavy (non-hydrogen) atoms. The van der Waals surface area contributed by atoms with Crippen molar-refractivity contribution in [3.63, 3.8) is 0 Å². The molecule has 0 atom stereocenters. The van der Waals surface area contributed by atoms with Gasteiger partial charge in [-0.15, -0.1) is 11.3 Å². The van der Waals surface area contributed by atoms with Crippen LogP contribution in [0.3, 0.4) is 0 Å². The van der Waals surface area contributed by atoms with Crippen molar-refractivity contribution in [2.75, 3.05) is 25.6 Å². The lowest BCUT2D eigenvalue weighted by Gasteiger charge is -2.07. The van der Waals surface area contributed by atoms with E-state index in [0.717, 1.165) is 17.0 Å². The Kier molecular flexibility index (Phi) is 7.04. The summed E-state index contributed by atoms with van der Waals surface area (Å²) in [5.74, 6) is 0.0812. The van der Waals surface area contributed by atoms with Crippen LogP contribution < -0.4 is 14.8 Å². The highest BCUT2D eigenvalue weighted by Gasteiger charge is 2.11. The minimum Gasteiger partial charge on any atom is -0.497 e. The lowest BCUT2D eigenvalue weighted by Crippen LogP contribution is -2.23. The Morgan fingerprint density at radius 3 is 2.41 bits per heavy atom. The van der Waals surface area contributed by atoms with Crippen molar-refractivity contribution >= 4 is 39.9 Å². The van der Waals surface area contributed by atoms with E-state index in [0.29, 0.717) is 15.9 Å². The van der Waals surface area contributed by atoms with E-state index in [2.05, 4.69) is 10.3 Å². The van der Waals surface area contributed by atoms with Crippen LogP contribution in [-0.4, -0.2) is 37.2 Å².